The second-order valence-electron chi connectivity index (χ2n) is 13.9. The van der Waals surface area contributed by atoms with Crippen LogP contribution in [0.1, 0.15) is 136 Å². The lowest BCUT2D eigenvalue weighted by Gasteiger charge is -2.20. The van der Waals surface area contributed by atoms with Gasteiger partial charge in [-0.3, -0.25) is 23.4 Å². The second-order valence-corrected chi connectivity index (χ2v) is 15.4. The van der Waals surface area contributed by atoms with Crippen LogP contribution in [0, 0.1) is 0 Å². The van der Waals surface area contributed by atoms with E-state index < -0.39 is 63.8 Å². The number of hydrogen-bond acceptors (Lipinski definition) is 10. The third-order valence-electron chi connectivity index (χ3n) is 8.40. The molecule has 4 atom stereocenters. The van der Waals surface area contributed by atoms with Gasteiger partial charge in [-0.1, -0.05) is 137 Å². The molecule has 0 bridgehead atoms. The predicted octanol–water partition coefficient (Wildman–Crippen LogP) is 10.2. The van der Waals surface area contributed by atoms with E-state index in [2.05, 4.69) is 79.1 Å². The Labute approximate surface area is 354 Å². The summed E-state index contributed by atoms with van der Waals surface area (Å²) < 4.78 is 32.5. The van der Waals surface area contributed by atoms with Crippen molar-refractivity contribution in [2.75, 3.05) is 19.8 Å². The number of phosphoric acid groups is 1. The first-order valence-electron chi connectivity index (χ1n) is 21.4. The molecule has 0 saturated heterocycles. The number of ether oxygens (including phenoxy) is 2. The largest absolute Gasteiger partial charge is 0.480 e. The van der Waals surface area contributed by atoms with Crippen molar-refractivity contribution in [3.63, 3.8) is 0 Å². The van der Waals surface area contributed by atoms with Gasteiger partial charge in [0.05, 0.1) is 19.3 Å². The van der Waals surface area contributed by atoms with E-state index in [1.165, 1.54) is 19.3 Å². The summed E-state index contributed by atoms with van der Waals surface area (Å²) in [6.45, 7) is 2.46. The molecule has 0 aromatic carbocycles. The Morgan fingerprint density at radius 1 is 0.627 bits per heavy atom. The van der Waals surface area contributed by atoms with E-state index in [1.54, 1.807) is 18.2 Å². The lowest BCUT2D eigenvalue weighted by atomic mass is 10.1. The van der Waals surface area contributed by atoms with Crippen molar-refractivity contribution < 1.29 is 52.6 Å². The zero-order valence-corrected chi connectivity index (χ0v) is 36.6. The van der Waals surface area contributed by atoms with Crippen molar-refractivity contribution in [3.05, 3.63) is 97.2 Å². The number of carbonyl (C=O) groups is 3. The highest BCUT2D eigenvalue weighted by Gasteiger charge is 2.28. The molecule has 2 unspecified atom stereocenters. The number of hydrogen-bond donors (Lipinski definition) is 4. The third kappa shape index (κ3) is 39.6. The monoisotopic (exact) mass is 847 g/mol. The van der Waals surface area contributed by atoms with Gasteiger partial charge < -0.3 is 30.3 Å². The van der Waals surface area contributed by atoms with E-state index in [1.807, 2.05) is 18.2 Å². The molecule has 12 nitrogen and oxygen atoms in total. The Morgan fingerprint density at radius 2 is 1.17 bits per heavy atom. The molecular formula is C46H74NO11P. The summed E-state index contributed by atoms with van der Waals surface area (Å²) in [6, 6.07) is -1.55. The maximum atomic E-state index is 12.6. The number of unbranched alkanes of at least 4 members (excludes halogenated alkanes) is 8. The normalized spacial score (nSPS) is 15.2. The summed E-state index contributed by atoms with van der Waals surface area (Å²) in [6.07, 6.45) is 46.4. The quantitative estimate of drug-likeness (QED) is 0.0151. The lowest BCUT2D eigenvalue weighted by molar-refractivity contribution is -0.161. The van der Waals surface area contributed by atoms with Crippen LogP contribution in [-0.2, 0) is 37.5 Å². The van der Waals surface area contributed by atoms with Crippen molar-refractivity contribution in [1.29, 1.82) is 0 Å². The van der Waals surface area contributed by atoms with Crippen LogP contribution in [-0.4, -0.2) is 71.1 Å². The number of aliphatic hydroxyl groups is 1. The number of allylic oxidation sites excluding steroid dienone is 14. The van der Waals surface area contributed by atoms with Crippen LogP contribution in [0.4, 0.5) is 0 Å². The fourth-order valence-corrected chi connectivity index (χ4v) is 5.79. The van der Waals surface area contributed by atoms with Gasteiger partial charge in [-0.15, -0.1) is 0 Å². The second kappa shape index (κ2) is 39.8. The van der Waals surface area contributed by atoms with Crippen LogP contribution < -0.4 is 5.73 Å². The molecule has 0 amide bonds. The number of nitrogens with two attached hydrogens (primary N) is 1. The minimum atomic E-state index is -4.77. The van der Waals surface area contributed by atoms with Gasteiger partial charge in [-0.2, -0.15) is 0 Å². The van der Waals surface area contributed by atoms with E-state index in [0.717, 1.165) is 64.2 Å². The van der Waals surface area contributed by atoms with Gasteiger partial charge in [0.2, 0.25) is 0 Å². The van der Waals surface area contributed by atoms with Crippen LogP contribution in [0.25, 0.3) is 0 Å². The molecular weight excluding hydrogens is 773 g/mol. The number of carboxylic acids is 1. The number of esters is 2. The zero-order valence-electron chi connectivity index (χ0n) is 35.7. The maximum absolute atomic E-state index is 12.6. The van der Waals surface area contributed by atoms with E-state index in [0.29, 0.717) is 25.7 Å². The van der Waals surface area contributed by atoms with Gasteiger partial charge in [0.25, 0.3) is 0 Å². The average Bonchev–Trinajstić information content (AvgIpc) is 3.21. The van der Waals surface area contributed by atoms with Crippen LogP contribution in [0.2, 0.25) is 0 Å². The van der Waals surface area contributed by atoms with Crippen molar-refractivity contribution in [3.8, 4) is 0 Å². The SMILES string of the molecule is CC/C=C\C/C=C\C/C=C\C/C=C\CCCCCCC(=O)OC[C@H](COP(=O)(O)OC[C@H](N)C(=O)O)OC(=O)CCC/C=C/C=C\C(O)C/C=C\C/C=C\CCCCC. The summed E-state index contributed by atoms with van der Waals surface area (Å²) in [5.74, 6) is -2.57. The fourth-order valence-electron chi connectivity index (χ4n) is 5.01. The Balaban J connectivity index is 4.62. The van der Waals surface area contributed by atoms with Gasteiger partial charge in [-0.05, 0) is 83.5 Å². The molecule has 0 radical (unpaired) electrons. The number of aliphatic hydroxyl groups excluding tert-OH is 1. The summed E-state index contributed by atoms with van der Waals surface area (Å²) in [7, 11) is -4.77. The molecule has 334 valence electrons. The highest BCUT2D eigenvalue weighted by molar-refractivity contribution is 7.47. The minimum Gasteiger partial charge on any atom is -0.480 e. The van der Waals surface area contributed by atoms with Crippen LogP contribution in [0.15, 0.2) is 97.2 Å². The Hall–Kier alpha value is -3.64. The summed E-state index contributed by atoms with van der Waals surface area (Å²) in [5, 5.41) is 19.0. The first-order chi connectivity index (χ1) is 28.5. The van der Waals surface area contributed by atoms with E-state index in [-0.39, 0.29) is 12.8 Å². The molecule has 59 heavy (non-hydrogen) atoms. The average molecular weight is 848 g/mol. The molecule has 0 saturated carbocycles. The molecule has 0 aliphatic rings. The molecule has 0 spiro atoms. The number of aliphatic carboxylic acids is 1. The van der Waals surface area contributed by atoms with Gasteiger partial charge in [0.15, 0.2) is 6.10 Å². The highest BCUT2D eigenvalue weighted by atomic mass is 31.2. The zero-order chi connectivity index (χ0) is 43.7. The standard InChI is InChI=1S/C46H74NO11P/c1-3-5-7-9-11-13-14-15-16-17-18-19-20-22-24-28-32-36-44(49)55-38-42(39-56-59(53,54)57-40-43(47)46(51)52)58-45(50)37-33-29-25-27-31-35-41(48)34-30-26-23-21-12-10-8-6-4-2/h5,7,11-13,15-16,18-19,21,25-27,30-31,35,41-43,48H,3-4,6,8-10,14,17,20,22-24,28-29,32-34,36-40,47H2,1-2H3,(H,51,52)(H,53,54)/b7-5-,13-11-,16-15-,19-18-,21-12-,27-25+,30-26-,35-31-/t41?,42-,43+/m1/s1. The molecule has 0 aromatic heterocycles. The van der Waals surface area contributed by atoms with Crippen LogP contribution in [0.3, 0.4) is 0 Å². The molecule has 0 aliphatic carbocycles. The van der Waals surface area contributed by atoms with Crippen molar-refractivity contribution in [1.82, 2.24) is 0 Å². The molecule has 0 aromatic rings. The first-order valence-corrected chi connectivity index (χ1v) is 22.9. The Morgan fingerprint density at radius 3 is 1.80 bits per heavy atom. The topological polar surface area (TPSA) is 192 Å². The number of carboxylic acid groups (broad SMARTS) is 1. The van der Waals surface area contributed by atoms with Crippen LogP contribution in [0.5, 0.6) is 0 Å². The third-order valence-corrected chi connectivity index (χ3v) is 9.35. The predicted molar refractivity (Wildman–Crippen MR) is 236 cm³/mol. The van der Waals surface area contributed by atoms with Gasteiger partial charge >= 0.3 is 25.7 Å². The molecule has 0 fully saturated rings. The number of phosphoric ester groups is 1. The van der Waals surface area contributed by atoms with Crippen molar-refractivity contribution >= 4 is 25.7 Å². The summed E-state index contributed by atoms with van der Waals surface area (Å²) in [4.78, 5) is 45.9. The first kappa shape index (κ1) is 55.4. The van der Waals surface area contributed by atoms with Gasteiger partial charge in [0, 0.05) is 12.8 Å². The van der Waals surface area contributed by atoms with E-state index in [4.69, 9.17) is 24.8 Å². The van der Waals surface area contributed by atoms with Crippen molar-refractivity contribution in [2.45, 2.75) is 154 Å². The number of rotatable bonds is 38. The smallest absolute Gasteiger partial charge is 0.472 e. The number of carbonyl (C=O) groups excluding carboxylic acids is 2. The van der Waals surface area contributed by atoms with Gasteiger partial charge in [0.1, 0.15) is 12.6 Å². The molecule has 0 aliphatic heterocycles. The van der Waals surface area contributed by atoms with Crippen LogP contribution >= 0.6 is 7.82 Å². The Kier molecular flexibility index (Phi) is 37.3. The summed E-state index contributed by atoms with van der Waals surface area (Å²) >= 11 is 0. The molecule has 5 N–H and O–H groups in total. The van der Waals surface area contributed by atoms with Gasteiger partial charge in [-0.25, -0.2) is 4.57 Å². The highest BCUT2D eigenvalue weighted by Crippen LogP contribution is 2.43. The van der Waals surface area contributed by atoms with Crippen molar-refractivity contribution in [2.24, 2.45) is 5.73 Å². The molecule has 13 heteroatoms. The molecule has 0 rings (SSSR count). The molecule has 0 heterocycles. The summed E-state index contributed by atoms with van der Waals surface area (Å²) in [5.41, 5.74) is 5.32. The lowest BCUT2D eigenvalue weighted by Crippen LogP contribution is -2.34. The Bertz CT molecular complexity index is 1380. The fraction of sp³-hybridized carbons (Fsp3) is 0.587. The maximum Gasteiger partial charge on any atom is 0.472 e. The minimum absolute atomic E-state index is 0.0145. The van der Waals surface area contributed by atoms with E-state index in [9.17, 15) is 28.9 Å². The van der Waals surface area contributed by atoms with E-state index >= 15 is 0 Å².